The summed E-state index contributed by atoms with van der Waals surface area (Å²) in [5.74, 6) is 0.147. The van der Waals surface area contributed by atoms with Crippen LogP contribution < -0.4 is 10.6 Å². The number of rotatable bonds is 3. The van der Waals surface area contributed by atoms with Crippen LogP contribution in [0.3, 0.4) is 0 Å². The van der Waals surface area contributed by atoms with Gasteiger partial charge < -0.3 is 15.2 Å². The van der Waals surface area contributed by atoms with Crippen LogP contribution in [0.5, 0.6) is 0 Å². The summed E-state index contributed by atoms with van der Waals surface area (Å²) >= 11 is 0. The van der Waals surface area contributed by atoms with Crippen molar-refractivity contribution in [3.8, 4) is 11.3 Å². The molecule has 0 bridgehead atoms. The lowest BCUT2D eigenvalue weighted by molar-refractivity contribution is -0.119. The zero-order valence-electron chi connectivity index (χ0n) is 10.6. The van der Waals surface area contributed by atoms with Crippen molar-refractivity contribution in [1.29, 1.82) is 0 Å². The molecule has 0 aliphatic carbocycles. The topological polar surface area (TPSA) is 84.2 Å². The molecule has 2 aromatic rings. The monoisotopic (exact) mass is 271 g/mol. The van der Waals surface area contributed by atoms with Crippen LogP contribution in [0.4, 0.5) is 0 Å². The van der Waals surface area contributed by atoms with Crippen LogP contribution in [-0.2, 0) is 4.79 Å². The first-order valence-corrected chi connectivity index (χ1v) is 6.32. The number of amides is 2. The first-order chi connectivity index (χ1) is 9.72. The number of nitrogens with one attached hydrogen (secondary N) is 2. The molecule has 1 unspecified atom stereocenters. The highest BCUT2D eigenvalue weighted by Crippen LogP contribution is 2.19. The maximum Gasteiger partial charge on any atom is 0.273 e. The minimum Gasteiger partial charge on any atom is -0.355 e. The van der Waals surface area contributed by atoms with Crippen molar-refractivity contribution in [2.45, 2.75) is 12.5 Å². The summed E-state index contributed by atoms with van der Waals surface area (Å²) in [6, 6.07) is 10.8. The van der Waals surface area contributed by atoms with E-state index in [0.717, 1.165) is 5.56 Å². The van der Waals surface area contributed by atoms with E-state index in [1.54, 1.807) is 6.07 Å². The van der Waals surface area contributed by atoms with Gasteiger partial charge in [-0.1, -0.05) is 35.5 Å². The van der Waals surface area contributed by atoms with Crippen molar-refractivity contribution < 1.29 is 14.1 Å². The Labute approximate surface area is 115 Å². The number of aromatic nitrogens is 1. The van der Waals surface area contributed by atoms with E-state index in [1.807, 2.05) is 30.3 Å². The molecule has 1 aromatic heterocycles. The summed E-state index contributed by atoms with van der Waals surface area (Å²) in [5, 5.41) is 9.17. The predicted molar refractivity (Wildman–Crippen MR) is 70.8 cm³/mol. The second-order valence-electron chi connectivity index (χ2n) is 4.62. The van der Waals surface area contributed by atoms with E-state index < -0.39 is 0 Å². The van der Waals surface area contributed by atoms with E-state index in [1.165, 1.54) is 0 Å². The number of carbonyl (C=O) groups is 2. The fourth-order valence-corrected chi connectivity index (χ4v) is 2.09. The van der Waals surface area contributed by atoms with Crippen LogP contribution in [0.2, 0.25) is 0 Å². The molecule has 3 rings (SSSR count). The summed E-state index contributed by atoms with van der Waals surface area (Å²) < 4.78 is 5.16. The molecule has 6 heteroatoms. The molecule has 1 atom stereocenters. The molecule has 2 N–H and O–H groups in total. The van der Waals surface area contributed by atoms with Crippen LogP contribution in [0.25, 0.3) is 11.3 Å². The Bertz CT molecular complexity index is 636. The summed E-state index contributed by atoms with van der Waals surface area (Å²) in [5.41, 5.74) is 1.07. The molecule has 2 amide bonds. The molecule has 20 heavy (non-hydrogen) atoms. The lowest BCUT2D eigenvalue weighted by atomic mass is 10.1. The second-order valence-corrected chi connectivity index (χ2v) is 4.62. The van der Waals surface area contributed by atoms with Crippen LogP contribution in [0.1, 0.15) is 16.9 Å². The zero-order valence-corrected chi connectivity index (χ0v) is 10.6. The Kier molecular flexibility index (Phi) is 3.20. The quantitative estimate of drug-likeness (QED) is 0.870. The maximum atomic E-state index is 12.0. The molecule has 1 aliphatic rings. The Morgan fingerprint density at radius 1 is 1.35 bits per heavy atom. The highest BCUT2D eigenvalue weighted by molar-refractivity contribution is 5.94. The standard InChI is InChI=1S/C14H13N3O3/c18-13-6-10(8-15-13)16-14(19)11-7-12(20-17-11)9-4-2-1-3-5-9/h1-5,7,10H,6,8H2,(H,15,18)(H,16,19). The van der Waals surface area contributed by atoms with E-state index in [2.05, 4.69) is 15.8 Å². The molecule has 1 aromatic carbocycles. The average molecular weight is 271 g/mol. The Morgan fingerprint density at radius 3 is 2.85 bits per heavy atom. The molecule has 1 saturated heterocycles. The van der Waals surface area contributed by atoms with E-state index in [-0.39, 0.29) is 23.6 Å². The predicted octanol–water partition coefficient (Wildman–Crippen LogP) is 0.960. The molecule has 102 valence electrons. The fourth-order valence-electron chi connectivity index (χ4n) is 2.09. The van der Waals surface area contributed by atoms with Gasteiger partial charge in [-0.2, -0.15) is 0 Å². The molecule has 6 nitrogen and oxygen atoms in total. The second kappa shape index (κ2) is 5.16. The summed E-state index contributed by atoms with van der Waals surface area (Å²) in [6.07, 6.45) is 0.301. The van der Waals surface area contributed by atoms with E-state index in [9.17, 15) is 9.59 Å². The van der Waals surface area contributed by atoms with E-state index >= 15 is 0 Å². The van der Waals surface area contributed by atoms with Gasteiger partial charge in [0.2, 0.25) is 5.91 Å². The maximum absolute atomic E-state index is 12.0. The number of hydrogen-bond acceptors (Lipinski definition) is 4. The van der Waals surface area contributed by atoms with Gasteiger partial charge in [-0.15, -0.1) is 0 Å². The third kappa shape index (κ3) is 2.54. The van der Waals surface area contributed by atoms with Crippen LogP contribution in [0.15, 0.2) is 40.9 Å². The first kappa shape index (κ1) is 12.4. The largest absolute Gasteiger partial charge is 0.355 e. The number of nitrogens with zero attached hydrogens (tertiary/aromatic N) is 1. The Morgan fingerprint density at radius 2 is 2.15 bits per heavy atom. The van der Waals surface area contributed by atoms with E-state index in [4.69, 9.17) is 4.52 Å². The summed E-state index contributed by atoms with van der Waals surface area (Å²) in [7, 11) is 0. The molecular formula is C14H13N3O3. The lowest BCUT2D eigenvalue weighted by Crippen LogP contribution is -2.36. The Hall–Kier alpha value is -2.63. The SMILES string of the molecule is O=C1CC(NC(=O)c2cc(-c3ccccc3)on2)CN1. The van der Waals surface area contributed by atoms with Gasteiger partial charge in [0.25, 0.3) is 5.91 Å². The zero-order chi connectivity index (χ0) is 13.9. The van der Waals surface area contributed by atoms with Crippen molar-refractivity contribution in [2.24, 2.45) is 0 Å². The molecule has 0 saturated carbocycles. The molecule has 0 radical (unpaired) electrons. The average Bonchev–Trinajstić information content (AvgIpc) is 3.09. The van der Waals surface area contributed by atoms with Crippen molar-refractivity contribution in [1.82, 2.24) is 15.8 Å². The van der Waals surface area contributed by atoms with Crippen LogP contribution in [0, 0.1) is 0 Å². The van der Waals surface area contributed by atoms with Gasteiger partial charge >= 0.3 is 0 Å². The van der Waals surface area contributed by atoms with Gasteiger partial charge in [0.15, 0.2) is 11.5 Å². The van der Waals surface area contributed by atoms with Crippen molar-refractivity contribution in [3.05, 3.63) is 42.1 Å². The minimum atomic E-state index is -0.336. The third-order valence-corrected chi connectivity index (χ3v) is 3.11. The number of hydrogen-bond donors (Lipinski definition) is 2. The minimum absolute atomic E-state index is 0.0552. The van der Waals surface area contributed by atoms with Gasteiger partial charge in [0.1, 0.15) is 0 Å². The third-order valence-electron chi connectivity index (χ3n) is 3.11. The molecule has 1 aliphatic heterocycles. The van der Waals surface area contributed by atoms with Gasteiger partial charge in [0.05, 0.1) is 6.04 Å². The van der Waals surface area contributed by atoms with Gasteiger partial charge in [-0.25, -0.2) is 0 Å². The summed E-state index contributed by atoms with van der Waals surface area (Å²) in [6.45, 7) is 0.452. The number of benzene rings is 1. The Balaban J connectivity index is 1.70. The molecular weight excluding hydrogens is 258 g/mol. The number of carbonyl (C=O) groups excluding carboxylic acids is 2. The normalized spacial score (nSPS) is 17.8. The van der Waals surface area contributed by atoms with Crippen molar-refractivity contribution in [3.63, 3.8) is 0 Å². The van der Waals surface area contributed by atoms with Crippen molar-refractivity contribution >= 4 is 11.8 Å². The summed E-state index contributed by atoms with van der Waals surface area (Å²) in [4.78, 5) is 23.0. The fraction of sp³-hybridized carbons (Fsp3) is 0.214. The smallest absolute Gasteiger partial charge is 0.273 e. The molecule has 1 fully saturated rings. The lowest BCUT2D eigenvalue weighted by Gasteiger charge is -2.07. The highest BCUT2D eigenvalue weighted by Gasteiger charge is 2.24. The molecule has 0 spiro atoms. The molecule has 2 heterocycles. The highest BCUT2D eigenvalue weighted by atomic mass is 16.5. The van der Waals surface area contributed by atoms with Crippen molar-refractivity contribution in [2.75, 3.05) is 6.54 Å². The van der Waals surface area contributed by atoms with Gasteiger partial charge in [-0.05, 0) is 0 Å². The first-order valence-electron chi connectivity index (χ1n) is 6.32. The van der Waals surface area contributed by atoms with Crippen LogP contribution >= 0.6 is 0 Å². The van der Waals surface area contributed by atoms with Gasteiger partial charge in [-0.3, -0.25) is 9.59 Å². The van der Waals surface area contributed by atoms with Crippen LogP contribution in [-0.4, -0.2) is 29.6 Å². The van der Waals surface area contributed by atoms with E-state index in [0.29, 0.717) is 18.7 Å². The van der Waals surface area contributed by atoms with Gasteiger partial charge in [0, 0.05) is 24.6 Å².